The van der Waals surface area contributed by atoms with Gasteiger partial charge < -0.3 is 15.2 Å². The smallest absolute Gasteiger partial charge is 0.0693 e. The van der Waals surface area contributed by atoms with Crippen molar-refractivity contribution in [3.05, 3.63) is 35.9 Å². The van der Waals surface area contributed by atoms with Gasteiger partial charge in [-0.25, -0.2) is 0 Å². The Labute approximate surface area is 109 Å². The zero-order chi connectivity index (χ0) is 12.8. The Hall–Kier alpha value is -0.900. The topological polar surface area (TPSA) is 41.5 Å². The van der Waals surface area contributed by atoms with Crippen LogP contribution in [0.4, 0.5) is 0 Å². The van der Waals surface area contributed by atoms with Gasteiger partial charge in [0.2, 0.25) is 0 Å². The number of ether oxygens (including phenoxy) is 1. The lowest BCUT2D eigenvalue weighted by Gasteiger charge is -2.34. The third-order valence-corrected chi connectivity index (χ3v) is 3.53. The molecule has 0 spiro atoms. The van der Waals surface area contributed by atoms with Crippen molar-refractivity contribution in [1.29, 1.82) is 0 Å². The van der Waals surface area contributed by atoms with Crippen LogP contribution in [0.2, 0.25) is 0 Å². The van der Waals surface area contributed by atoms with Gasteiger partial charge in [-0.05, 0) is 31.7 Å². The SMILES string of the molecule is CCOCCC(CO)(NC1CC1)c1ccccc1. The molecule has 0 aliphatic heterocycles. The first-order valence-electron chi connectivity index (χ1n) is 6.82. The maximum Gasteiger partial charge on any atom is 0.0693 e. The summed E-state index contributed by atoms with van der Waals surface area (Å²) in [7, 11) is 0. The average molecular weight is 249 g/mol. The molecule has 1 aromatic carbocycles. The van der Waals surface area contributed by atoms with Crippen molar-refractivity contribution >= 4 is 0 Å². The highest BCUT2D eigenvalue weighted by Gasteiger charge is 2.36. The summed E-state index contributed by atoms with van der Waals surface area (Å²) in [5.41, 5.74) is 0.802. The summed E-state index contributed by atoms with van der Waals surface area (Å²) in [6.07, 6.45) is 3.23. The second-order valence-electron chi connectivity index (χ2n) is 4.97. The highest BCUT2D eigenvalue weighted by molar-refractivity contribution is 5.25. The van der Waals surface area contributed by atoms with Crippen LogP contribution >= 0.6 is 0 Å². The molecule has 100 valence electrons. The lowest BCUT2D eigenvalue weighted by molar-refractivity contribution is 0.0837. The fourth-order valence-electron chi connectivity index (χ4n) is 2.28. The standard InChI is InChI=1S/C15H23NO2/c1-2-18-11-10-15(12-17,16-14-8-9-14)13-6-4-3-5-7-13/h3-7,14,16-17H,2,8-12H2,1H3. The molecule has 3 nitrogen and oxygen atoms in total. The van der Waals surface area contributed by atoms with E-state index >= 15 is 0 Å². The van der Waals surface area contributed by atoms with Crippen LogP contribution in [0.25, 0.3) is 0 Å². The molecule has 1 saturated carbocycles. The molecule has 0 aromatic heterocycles. The Kier molecular flexibility index (Phi) is 4.75. The van der Waals surface area contributed by atoms with Gasteiger partial charge >= 0.3 is 0 Å². The Bertz CT molecular complexity index is 351. The van der Waals surface area contributed by atoms with Gasteiger partial charge in [0.1, 0.15) is 0 Å². The summed E-state index contributed by atoms with van der Waals surface area (Å²) >= 11 is 0. The summed E-state index contributed by atoms with van der Waals surface area (Å²) in [5.74, 6) is 0. The Morgan fingerprint density at radius 2 is 2.06 bits per heavy atom. The van der Waals surface area contributed by atoms with E-state index in [-0.39, 0.29) is 12.1 Å². The first kappa shape index (κ1) is 13.5. The zero-order valence-corrected chi connectivity index (χ0v) is 11.1. The normalized spacial score (nSPS) is 18.6. The molecular weight excluding hydrogens is 226 g/mol. The van der Waals surface area contributed by atoms with Crippen LogP contribution < -0.4 is 5.32 Å². The van der Waals surface area contributed by atoms with Gasteiger partial charge in [0.15, 0.2) is 0 Å². The van der Waals surface area contributed by atoms with Crippen molar-refractivity contribution in [3.63, 3.8) is 0 Å². The van der Waals surface area contributed by atoms with Crippen LogP contribution in [0.3, 0.4) is 0 Å². The first-order valence-corrected chi connectivity index (χ1v) is 6.82. The largest absolute Gasteiger partial charge is 0.394 e. The summed E-state index contributed by atoms with van der Waals surface area (Å²) in [6, 6.07) is 10.8. The minimum atomic E-state index is -0.350. The van der Waals surface area contributed by atoms with Crippen LogP contribution in [0.15, 0.2) is 30.3 Å². The Balaban J connectivity index is 2.13. The van der Waals surface area contributed by atoms with Gasteiger partial charge in [-0.15, -0.1) is 0 Å². The van der Waals surface area contributed by atoms with E-state index in [4.69, 9.17) is 4.74 Å². The molecule has 0 bridgehead atoms. The van der Waals surface area contributed by atoms with Crippen molar-refractivity contribution < 1.29 is 9.84 Å². The van der Waals surface area contributed by atoms with E-state index in [0.717, 1.165) is 18.6 Å². The van der Waals surface area contributed by atoms with Crippen molar-refractivity contribution in [3.8, 4) is 0 Å². The van der Waals surface area contributed by atoms with Crippen LogP contribution in [0.1, 0.15) is 31.7 Å². The molecule has 0 saturated heterocycles. The van der Waals surface area contributed by atoms with E-state index < -0.39 is 0 Å². The summed E-state index contributed by atoms with van der Waals surface area (Å²) in [6.45, 7) is 3.50. The molecule has 1 aliphatic rings. The van der Waals surface area contributed by atoms with Gasteiger partial charge in [-0.2, -0.15) is 0 Å². The molecule has 3 heteroatoms. The lowest BCUT2D eigenvalue weighted by Crippen LogP contribution is -2.47. The number of nitrogens with one attached hydrogen (secondary N) is 1. The van der Waals surface area contributed by atoms with Gasteiger partial charge in [0, 0.05) is 19.3 Å². The number of aliphatic hydroxyl groups is 1. The average Bonchev–Trinajstić information content (AvgIpc) is 3.23. The van der Waals surface area contributed by atoms with Crippen LogP contribution in [0, 0.1) is 0 Å². The number of hydrogen-bond acceptors (Lipinski definition) is 3. The monoisotopic (exact) mass is 249 g/mol. The molecule has 0 radical (unpaired) electrons. The maximum atomic E-state index is 9.89. The molecule has 1 aliphatic carbocycles. The van der Waals surface area contributed by atoms with E-state index in [1.807, 2.05) is 25.1 Å². The second kappa shape index (κ2) is 6.32. The molecule has 2 rings (SSSR count). The van der Waals surface area contributed by atoms with Crippen molar-refractivity contribution in [1.82, 2.24) is 5.32 Å². The molecule has 0 amide bonds. The third-order valence-electron chi connectivity index (χ3n) is 3.53. The molecule has 1 aromatic rings. The lowest BCUT2D eigenvalue weighted by atomic mass is 9.87. The van der Waals surface area contributed by atoms with Crippen LogP contribution in [-0.2, 0) is 10.3 Å². The Morgan fingerprint density at radius 1 is 1.33 bits per heavy atom. The van der Waals surface area contributed by atoms with E-state index in [1.54, 1.807) is 0 Å². The minimum Gasteiger partial charge on any atom is -0.394 e. The fraction of sp³-hybridized carbons (Fsp3) is 0.600. The van der Waals surface area contributed by atoms with E-state index in [1.165, 1.54) is 12.8 Å². The molecular formula is C15H23NO2. The van der Waals surface area contributed by atoms with Crippen molar-refractivity contribution in [2.24, 2.45) is 0 Å². The predicted octanol–water partition coefficient (Wildman–Crippen LogP) is 2.05. The maximum absolute atomic E-state index is 9.89. The Morgan fingerprint density at radius 3 is 2.61 bits per heavy atom. The predicted molar refractivity (Wildman–Crippen MR) is 72.5 cm³/mol. The van der Waals surface area contributed by atoms with Crippen LogP contribution in [0.5, 0.6) is 0 Å². The van der Waals surface area contributed by atoms with Crippen molar-refractivity contribution in [2.45, 2.75) is 37.8 Å². The summed E-state index contributed by atoms with van der Waals surface area (Å²) in [5, 5.41) is 13.5. The molecule has 2 N–H and O–H groups in total. The van der Waals surface area contributed by atoms with Gasteiger partial charge in [0.05, 0.1) is 12.1 Å². The van der Waals surface area contributed by atoms with E-state index in [0.29, 0.717) is 12.6 Å². The highest BCUT2D eigenvalue weighted by atomic mass is 16.5. The number of rotatable bonds is 8. The summed E-state index contributed by atoms with van der Waals surface area (Å²) < 4.78 is 5.46. The van der Waals surface area contributed by atoms with Gasteiger partial charge in [-0.3, -0.25) is 0 Å². The number of benzene rings is 1. The number of aliphatic hydroxyl groups excluding tert-OH is 1. The highest BCUT2D eigenvalue weighted by Crippen LogP contribution is 2.31. The van der Waals surface area contributed by atoms with Crippen molar-refractivity contribution in [2.75, 3.05) is 19.8 Å². The molecule has 0 heterocycles. The molecule has 1 unspecified atom stereocenters. The second-order valence-corrected chi connectivity index (χ2v) is 4.97. The van der Waals surface area contributed by atoms with Gasteiger partial charge in [-0.1, -0.05) is 30.3 Å². The zero-order valence-electron chi connectivity index (χ0n) is 11.1. The minimum absolute atomic E-state index is 0.112. The molecule has 1 fully saturated rings. The number of hydrogen-bond donors (Lipinski definition) is 2. The third kappa shape index (κ3) is 3.31. The molecule has 1 atom stereocenters. The van der Waals surface area contributed by atoms with E-state index in [9.17, 15) is 5.11 Å². The summed E-state index contributed by atoms with van der Waals surface area (Å²) in [4.78, 5) is 0. The fourth-order valence-corrected chi connectivity index (χ4v) is 2.28. The van der Waals surface area contributed by atoms with Crippen LogP contribution in [-0.4, -0.2) is 31.0 Å². The van der Waals surface area contributed by atoms with E-state index in [2.05, 4.69) is 17.4 Å². The first-order chi connectivity index (χ1) is 8.80. The van der Waals surface area contributed by atoms with Gasteiger partial charge in [0.25, 0.3) is 0 Å². The molecule has 18 heavy (non-hydrogen) atoms. The quantitative estimate of drug-likeness (QED) is 0.693.